The third kappa shape index (κ3) is 7.12. The van der Waals surface area contributed by atoms with Gasteiger partial charge in [0.15, 0.2) is 0 Å². The highest BCUT2D eigenvalue weighted by Crippen LogP contribution is 2.26. The Morgan fingerprint density at radius 1 is 0.960 bits per heavy atom. The molecule has 4 heteroatoms. The van der Waals surface area contributed by atoms with Crippen molar-refractivity contribution in [2.75, 3.05) is 0 Å². The van der Waals surface area contributed by atoms with E-state index in [0.29, 0.717) is 5.75 Å². The first-order valence-electron chi connectivity index (χ1n) is 9.29. The summed E-state index contributed by atoms with van der Waals surface area (Å²) >= 11 is 0. The van der Waals surface area contributed by atoms with Crippen molar-refractivity contribution in [2.45, 2.75) is 64.4 Å². The molecule has 0 saturated heterocycles. The van der Waals surface area contributed by atoms with Crippen LogP contribution in [0.4, 0.5) is 0 Å². The van der Waals surface area contributed by atoms with Gasteiger partial charge in [0.1, 0.15) is 12.4 Å². The molecule has 2 fully saturated rings. The second-order valence-corrected chi connectivity index (χ2v) is 6.63. The minimum atomic E-state index is -0.457. The summed E-state index contributed by atoms with van der Waals surface area (Å²) < 4.78 is 10.3. The van der Waals surface area contributed by atoms with Gasteiger partial charge in [0.05, 0.1) is 5.92 Å². The highest BCUT2D eigenvalue weighted by molar-refractivity contribution is 5.81. The van der Waals surface area contributed by atoms with Crippen molar-refractivity contribution in [1.82, 2.24) is 0 Å². The van der Waals surface area contributed by atoms with Crippen LogP contribution in [-0.4, -0.2) is 11.9 Å². The summed E-state index contributed by atoms with van der Waals surface area (Å²) in [4.78, 5) is 22.8. The first kappa shape index (κ1) is 19.2. The van der Waals surface area contributed by atoms with Crippen LogP contribution in [-0.2, 0) is 20.9 Å². The van der Waals surface area contributed by atoms with Crippen molar-refractivity contribution in [3.63, 3.8) is 0 Å². The summed E-state index contributed by atoms with van der Waals surface area (Å²) in [5.41, 5.74) is 0.834. The molecule has 0 spiro atoms. The third-order valence-corrected chi connectivity index (χ3v) is 4.63. The minimum Gasteiger partial charge on any atom is -0.458 e. The quantitative estimate of drug-likeness (QED) is 0.430. The van der Waals surface area contributed by atoms with E-state index in [2.05, 4.69) is 6.58 Å². The number of esters is 2. The topological polar surface area (TPSA) is 52.6 Å². The molecule has 0 aromatic heterocycles. The maximum Gasteiger partial charge on any atom is 0.330 e. The van der Waals surface area contributed by atoms with Crippen molar-refractivity contribution in [1.29, 1.82) is 0 Å². The number of carbonyl (C=O) groups excluding carboxylic acids is 2. The maximum absolute atomic E-state index is 11.9. The number of hydrogen-bond donors (Lipinski definition) is 0. The first-order chi connectivity index (χ1) is 12.2. The van der Waals surface area contributed by atoms with E-state index < -0.39 is 5.97 Å². The summed E-state index contributed by atoms with van der Waals surface area (Å²) in [7, 11) is 0. The summed E-state index contributed by atoms with van der Waals surface area (Å²) in [6.07, 6.45) is 12.7. The Labute approximate surface area is 150 Å². The lowest BCUT2D eigenvalue weighted by Gasteiger charge is -2.09. The number of carbonyl (C=O) groups is 2. The van der Waals surface area contributed by atoms with Gasteiger partial charge in [0, 0.05) is 6.08 Å². The molecule has 3 rings (SSSR count). The molecule has 0 bridgehead atoms. The zero-order valence-electron chi connectivity index (χ0n) is 14.9. The van der Waals surface area contributed by atoms with Crippen LogP contribution in [0.2, 0.25) is 0 Å². The molecular weight excluding hydrogens is 316 g/mol. The monoisotopic (exact) mass is 344 g/mol. The van der Waals surface area contributed by atoms with Crippen LogP contribution >= 0.6 is 0 Å². The number of ether oxygens (including phenoxy) is 2. The van der Waals surface area contributed by atoms with Gasteiger partial charge in [0.2, 0.25) is 0 Å². The summed E-state index contributed by atoms with van der Waals surface area (Å²) in [5, 5.41) is 0. The van der Waals surface area contributed by atoms with E-state index in [1.807, 2.05) is 0 Å². The average molecular weight is 344 g/mol. The van der Waals surface area contributed by atoms with E-state index in [1.165, 1.54) is 32.1 Å². The first-order valence-corrected chi connectivity index (χ1v) is 9.29. The minimum absolute atomic E-state index is 0.0447. The van der Waals surface area contributed by atoms with Gasteiger partial charge < -0.3 is 9.47 Å². The van der Waals surface area contributed by atoms with E-state index in [1.54, 1.807) is 24.3 Å². The van der Waals surface area contributed by atoms with E-state index in [0.717, 1.165) is 37.3 Å². The smallest absolute Gasteiger partial charge is 0.330 e. The van der Waals surface area contributed by atoms with Gasteiger partial charge in [-0.05, 0) is 30.5 Å². The molecule has 0 radical (unpaired) electrons. The van der Waals surface area contributed by atoms with Crippen LogP contribution in [0.25, 0.3) is 0 Å². The zero-order chi connectivity index (χ0) is 17.9. The Hall–Kier alpha value is -2.10. The molecule has 2 saturated carbocycles. The molecule has 2 aliphatic carbocycles. The Kier molecular flexibility index (Phi) is 8.23. The Morgan fingerprint density at radius 3 is 2.04 bits per heavy atom. The molecule has 0 atom stereocenters. The van der Waals surface area contributed by atoms with E-state index >= 15 is 0 Å². The van der Waals surface area contributed by atoms with Crippen molar-refractivity contribution < 1.29 is 19.1 Å². The normalized spacial score (nSPS) is 16.6. The predicted molar refractivity (Wildman–Crippen MR) is 97.1 cm³/mol. The van der Waals surface area contributed by atoms with E-state index in [-0.39, 0.29) is 18.5 Å². The molecule has 0 heterocycles. The van der Waals surface area contributed by atoms with Gasteiger partial charge in [-0.15, -0.1) is 0 Å². The van der Waals surface area contributed by atoms with Gasteiger partial charge in [0.25, 0.3) is 0 Å². The molecule has 0 aliphatic heterocycles. The van der Waals surface area contributed by atoms with Gasteiger partial charge in [-0.2, -0.15) is 0 Å². The Morgan fingerprint density at radius 2 is 1.52 bits per heavy atom. The summed E-state index contributed by atoms with van der Waals surface area (Å²) in [6.45, 7) is 3.51. The zero-order valence-corrected chi connectivity index (χ0v) is 14.9. The van der Waals surface area contributed by atoms with Crippen LogP contribution in [0.1, 0.15) is 63.4 Å². The molecule has 136 valence electrons. The predicted octanol–water partition coefficient (Wildman–Crippen LogP) is 4.96. The van der Waals surface area contributed by atoms with Gasteiger partial charge in [-0.1, -0.05) is 63.7 Å². The molecule has 0 N–H and O–H groups in total. The van der Waals surface area contributed by atoms with Crippen molar-refractivity contribution in [3.05, 3.63) is 42.5 Å². The SMILES string of the molecule is C1CCCC1.C=CC(=O)OCc1ccc(OC(=O)C2CCCC2)cc1. The molecule has 1 aromatic carbocycles. The average Bonchev–Trinajstić information content (AvgIpc) is 3.36. The van der Waals surface area contributed by atoms with Gasteiger partial charge >= 0.3 is 11.9 Å². The molecule has 2 aliphatic rings. The second kappa shape index (κ2) is 10.7. The van der Waals surface area contributed by atoms with Crippen LogP contribution in [0.3, 0.4) is 0 Å². The summed E-state index contributed by atoms with van der Waals surface area (Å²) in [6, 6.07) is 6.97. The highest BCUT2D eigenvalue weighted by atomic mass is 16.5. The van der Waals surface area contributed by atoms with Crippen LogP contribution in [0.15, 0.2) is 36.9 Å². The number of rotatable bonds is 5. The van der Waals surface area contributed by atoms with Gasteiger partial charge in [-0.25, -0.2) is 4.79 Å². The van der Waals surface area contributed by atoms with Crippen LogP contribution in [0.5, 0.6) is 5.75 Å². The fourth-order valence-corrected chi connectivity index (χ4v) is 3.11. The molecular formula is C21H28O4. The summed E-state index contributed by atoms with van der Waals surface area (Å²) in [5.74, 6) is -0.0287. The molecule has 0 unspecified atom stereocenters. The van der Waals surface area contributed by atoms with Gasteiger partial charge in [-0.3, -0.25) is 4.79 Å². The lowest BCUT2D eigenvalue weighted by molar-refractivity contribution is -0.139. The van der Waals surface area contributed by atoms with E-state index in [9.17, 15) is 9.59 Å². The highest BCUT2D eigenvalue weighted by Gasteiger charge is 2.24. The lowest BCUT2D eigenvalue weighted by atomic mass is 10.1. The molecule has 25 heavy (non-hydrogen) atoms. The standard InChI is InChI=1S/C16H18O4.C5H10/c1-2-15(17)19-11-12-7-9-14(10-8-12)20-16(18)13-5-3-4-6-13;1-2-4-5-3-1/h2,7-10,13H,1,3-6,11H2;1-5H2. The Bertz CT molecular complexity index is 544. The third-order valence-electron chi connectivity index (χ3n) is 4.63. The lowest BCUT2D eigenvalue weighted by Crippen LogP contribution is -2.17. The van der Waals surface area contributed by atoms with Crippen LogP contribution in [0, 0.1) is 5.92 Å². The number of benzene rings is 1. The van der Waals surface area contributed by atoms with Crippen molar-refractivity contribution in [3.8, 4) is 5.75 Å². The largest absolute Gasteiger partial charge is 0.458 e. The molecule has 1 aromatic rings. The van der Waals surface area contributed by atoms with E-state index in [4.69, 9.17) is 9.47 Å². The number of hydrogen-bond acceptors (Lipinski definition) is 4. The fraction of sp³-hybridized carbons (Fsp3) is 0.524. The van der Waals surface area contributed by atoms with Crippen molar-refractivity contribution >= 4 is 11.9 Å². The second-order valence-electron chi connectivity index (χ2n) is 6.63. The van der Waals surface area contributed by atoms with Crippen molar-refractivity contribution in [2.24, 2.45) is 5.92 Å². The maximum atomic E-state index is 11.9. The Balaban J connectivity index is 0.000000386. The molecule has 0 amide bonds. The van der Waals surface area contributed by atoms with Crippen LogP contribution < -0.4 is 4.74 Å². The molecule has 4 nitrogen and oxygen atoms in total. The fourth-order valence-electron chi connectivity index (χ4n) is 3.11.